The zero-order chi connectivity index (χ0) is 22.1. The number of aryl methyl sites for hydroxylation is 2. The quantitative estimate of drug-likeness (QED) is 0.277. The molecule has 0 aliphatic heterocycles. The summed E-state index contributed by atoms with van der Waals surface area (Å²) in [4.78, 5) is 0. The smallest absolute Gasteiger partial charge is 0.147 e. The SMILES string of the molecule is Cc1cc2c(cc1-c1ccccc1)=C1C=CC(C)(CCCCc3ccccc3)[C]([Zr])=C1C=2.Cl.Cl. The second-order valence-corrected chi connectivity index (χ2v) is 10.6. The van der Waals surface area contributed by atoms with Crippen molar-refractivity contribution in [3.63, 3.8) is 0 Å². The van der Waals surface area contributed by atoms with Crippen LogP contribution in [-0.4, -0.2) is 0 Å². The molecule has 1 atom stereocenters. The van der Waals surface area contributed by atoms with Crippen LogP contribution in [-0.2, 0) is 31.1 Å². The van der Waals surface area contributed by atoms with Crippen LogP contribution in [0.3, 0.4) is 0 Å². The molecule has 2 aliphatic carbocycles. The minimum absolute atomic E-state index is 0. The Morgan fingerprint density at radius 1 is 0.824 bits per heavy atom. The van der Waals surface area contributed by atoms with Gasteiger partial charge in [0.05, 0.1) is 0 Å². The van der Waals surface area contributed by atoms with Gasteiger partial charge in [0.1, 0.15) is 0 Å². The fourth-order valence-corrected chi connectivity index (χ4v) is 6.13. The van der Waals surface area contributed by atoms with Gasteiger partial charge >= 0.3 is 208 Å². The van der Waals surface area contributed by atoms with E-state index < -0.39 is 0 Å². The van der Waals surface area contributed by atoms with Crippen LogP contribution in [0.5, 0.6) is 0 Å². The third-order valence-electron chi connectivity index (χ3n) is 7.07. The van der Waals surface area contributed by atoms with Crippen LogP contribution in [0.15, 0.2) is 93.8 Å². The summed E-state index contributed by atoms with van der Waals surface area (Å²) in [6.07, 6.45) is 12.3. The molecule has 0 aromatic heterocycles. The van der Waals surface area contributed by atoms with E-state index in [0.717, 1.165) is 0 Å². The second kappa shape index (κ2) is 11.4. The molecular weight excluding hydrogens is 534 g/mol. The summed E-state index contributed by atoms with van der Waals surface area (Å²) in [5.74, 6) is 0. The Hall–Kier alpha value is -1.66. The summed E-state index contributed by atoms with van der Waals surface area (Å²) < 4.78 is 1.61. The maximum Gasteiger partial charge on any atom is -0.147 e. The van der Waals surface area contributed by atoms with Crippen LogP contribution in [0.25, 0.3) is 22.8 Å². The van der Waals surface area contributed by atoms with E-state index >= 15 is 0 Å². The Bertz CT molecular complexity index is 1340. The molecule has 34 heavy (non-hydrogen) atoms. The molecule has 5 rings (SSSR count). The van der Waals surface area contributed by atoms with E-state index in [-0.39, 0.29) is 30.2 Å². The number of benzene rings is 3. The van der Waals surface area contributed by atoms with E-state index in [4.69, 9.17) is 0 Å². The molecule has 3 heteroatoms. The minimum atomic E-state index is 0. The average molecular weight is 566 g/mol. The van der Waals surface area contributed by atoms with E-state index in [2.05, 4.69) is 105 Å². The standard InChI is InChI=1S/C31H29.2ClH.Zr/c1-23-19-26-20-27-22-31(2,17-10-9-13-24-11-5-3-6-12-24)18-16-28(27)30(26)21-29(23)25-14-7-4-8-15-25;;;/h3-8,11-12,14-16,18-21H,9-10,13,17H2,1-2H3;2*1H;. The molecule has 0 heterocycles. The Morgan fingerprint density at radius 3 is 2.21 bits per heavy atom. The molecule has 0 bridgehead atoms. The van der Waals surface area contributed by atoms with Crippen LogP contribution >= 0.6 is 24.8 Å². The number of hydrogen-bond donors (Lipinski definition) is 0. The Balaban J connectivity index is 0.00000162. The van der Waals surface area contributed by atoms with Gasteiger partial charge in [-0.15, -0.1) is 24.8 Å². The van der Waals surface area contributed by atoms with Gasteiger partial charge in [0.15, 0.2) is 0 Å². The zero-order valence-corrected chi connectivity index (χ0v) is 23.9. The molecule has 0 nitrogen and oxygen atoms in total. The van der Waals surface area contributed by atoms with Gasteiger partial charge < -0.3 is 0 Å². The predicted molar refractivity (Wildman–Crippen MR) is 147 cm³/mol. The molecule has 0 spiro atoms. The number of allylic oxidation sites excluding steroid dienone is 4. The molecular formula is C31H31Cl2Zr. The first-order valence-electron chi connectivity index (χ1n) is 11.7. The Labute approximate surface area is 231 Å². The first kappa shape index (κ1) is 26.9. The third-order valence-corrected chi connectivity index (χ3v) is 9.14. The van der Waals surface area contributed by atoms with Gasteiger partial charge in [-0.25, -0.2) is 0 Å². The number of halogens is 2. The second-order valence-electron chi connectivity index (χ2n) is 9.41. The first-order valence-corrected chi connectivity index (χ1v) is 12.9. The van der Waals surface area contributed by atoms with E-state index in [1.807, 2.05) is 0 Å². The van der Waals surface area contributed by atoms with Gasteiger partial charge in [0, 0.05) is 0 Å². The predicted octanol–water partition coefficient (Wildman–Crippen LogP) is 7.24. The fourth-order valence-electron chi connectivity index (χ4n) is 5.11. The van der Waals surface area contributed by atoms with E-state index in [9.17, 15) is 0 Å². The Kier molecular flexibility index (Phi) is 9.02. The van der Waals surface area contributed by atoms with Crippen molar-refractivity contribution in [2.45, 2.75) is 39.5 Å². The van der Waals surface area contributed by atoms with E-state index in [0.29, 0.717) is 0 Å². The van der Waals surface area contributed by atoms with E-state index in [1.165, 1.54) is 69.5 Å². The molecule has 0 saturated carbocycles. The summed E-state index contributed by atoms with van der Waals surface area (Å²) >= 11 is 1.54. The van der Waals surface area contributed by atoms with Gasteiger partial charge in [-0.1, -0.05) is 0 Å². The molecule has 173 valence electrons. The zero-order valence-electron chi connectivity index (χ0n) is 19.8. The molecule has 3 aromatic carbocycles. The monoisotopic (exact) mass is 563 g/mol. The van der Waals surface area contributed by atoms with Crippen molar-refractivity contribution < 1.29 is 24.7 Å². The van der Waals surface area contributed by atoms with E-state index in [1.54, 1.807) is 28.0 Å². The van der Waals surface area contributed by atoms with Crippen LogP contribution in [0.2, 0.25) is 0 Å². The molecule has 0 fully saturated rings. The summed E-state index contributed by atoms with van der Waals surface area (Å²) in [7, 11) is 0. The summed E-state index contributed by atoms with van der Waals surface area (Å²) in [6.45, 7) is 4.68. The van der Waals surface area contributed by atoms with Crippen LogP contribution in [0.1, 0.15) is 37.3 Å². The molecule has 0 amide bonds. The number of fused-ring (bicyclic) bond motifs is 2. The number of rotatable bonds is 6. The van der Waals surface area contributed by atoms with Crippen LogP contribution in [0.4, 0.5) is 0 Å². The molecule has 0 N–H and O–H groups in total. The first-order chi connectivity index (χ1) is 15.5. The van der Waals surface area contributed by atoms with Crippen molar-refractivity contribution in [1.82, 2.24) is 0 Å². The van der Waals surface area contributed by atoms with Crippen LogP contribution in [0, 0.1) is 12.3 Å². The number of unbranched alkanes of at least 4 members (excludes halogenated alkanes) is 1. The summed E-state index contributed by atoms with van der Waals surface area (Å²) in [5, 5.41) is 2.77. The normalized spacial score (nSPS) is 17.9. The van der Waals surface area contributed by atoms with Gasteiger partial charge in [-0.2, -0.15) is 0 Å². The maximum absolute atomic E-state index is 2.49. The van der Waals surface area contributed by atoms with Crippen LogP contribution < -0.4 is 10.4 Å². The summed E-state index contributed by atoms with van der Waals surface area (Å²) in [6, 6.07) is 26.5. The van der Waals surface area contributed by atoms with Crippen molar-refractivity contribution in [3.05, 3.63) is 115 Å². The van der Waals surface area contributed by atoms with Gasteiger partial charge in [-0.3, -0.25) is 0 Å². The summed E-state index contributed by atoms with van der Waals surface area (Å²) in [5.41, 5.74) is 8.55. The number of hydrogen-bond acceptors (Lipinski definition) is 0. The average Bonchev–Trinajstić information content (AvgIpc) is 3.18. The van der Waals surface area contributed by atoms with Crippen molar-refractivity contribution in [2.75, 3.05) is 0 Å². The topological polar surface area (TPSA) is 0 Å². The van der Waals surface area contributed by atoms with Crippen molar-refractivity contribution in [3.8, 4) is 11.1 Å². The van der Waals surface area contributed by atoms with Gasteiger partial charge in [0.25, 0.3) is 0 Å². The molecule has 2 aliphatic rings. The molecule has 0 radical (unpaired) electrons. The maximum atomic E-state index is 2.49. The minimum Gasteiger partial charge on any atom is -0.147 e. The van der Waals surface area contributed by atoms with Crippen molar-refractivity contribution in [2.24, 2.45) is 5.41 Å². The Morgan fingerprint density at radius 2 is 1.50 bits per heavy atom. The third kappa shape index (κ3) is 5.28. The van der Waals surface area contributed by atoms with Crippen molar-refractivity contribution in [1.29, 1.82) is 0 Å². The molecule has 0 saturated heterocycles. The van der Waals surface area contributed by atoms with Crippen molar-refractivity contribution >= 4 is 36.5 Å². The van der Waals surface area contributed by atoms with Gasteiger partial charge in [0.2, 0.25) is 0 Å². The fraction of sp³-hybridized carbons (Fsp3) is 0.226. The molecule has 3 aromatic rings. The largest absolute Gasteiger partial charge is 0.147 e. The molecule has 1 unspecified atom stereocenters. The van der Waals surface area contributed by atoms with Gasteiger partial charge in [-0.05, 0) is 0 Å².